The molecule has 0 aliphatic carbocycles. The normalized spacial score (nSPS) is 15.2. The summed E-state index contributed by atoms with van der Waals surface area (Å²) in [5.41, 5.74) is 1.05. The van der Waals surface area contributed by atoms with Gasteiger partial charge in [-0.05, 0) is 38.6 Å². The van der Waals surface area contributed by atoms with Crippen LogP contribution < -0.4 is 10.0 Å². The van der Waals surface area contributed by atoms with E-state index in [2.05, 4.69) is 10.0 Å². The molecule has 0 saturated heterocycles. The zero-order chi connectivity index (χ0) is 14.5. The standard InChI is InChI=1S/C13H22N2O3S/c1-10(9-18-4)15-19(16,17)13-7-5-12(6-8-13)11(2)14-3/h5-8,10-11,14-15H,9H2,1-4H3. The summed E-state index contributed by atoms with van der Waals surface area (Å²) in [4.78, 5) is 0.266. The molecule has 2 unspecified atom stereocenters. The van der Waals surface area contributed by atoms with Crippen LogP contribution in [0, 0.1) is 0 Å². The monoisotopic (exact) mass is 286 g/mol. The van der Waals surface area contributed by atoms with Crippen molar-refractivity contribution in [2.24, 2.45) is 0 Å². The highest BCUT2D eigenvalue weighted by atomic mass is 32.2. The predicted octanol–water partition coefficient (Wildman–Crippen LogP) is 1.28. The van der Waals surface area contributed by atoms with Crippen LogP contribution in [0.25, 0.3) is 0 Å². The van der Waals surface area contributed by atoms with Gasteiger partial charge in [0, 0.05) is 19.2 Å². The molecule has 0 radical (unpaired) electrons. The quantitative estimate of drug-likeness (QED) is 0.792. The fourth-order valence-corrected chi connectivity index (χ4v) is 2.95. The number of sulfonamides is 1. The lowest BCUT2D eigenvalue weighted by atomic mass is 10.1. The van der Waals surface area contributed by atoms with Crippen LogP contribution in [-0.4, -0.2) is 35.2 Å². The second-order valence-electron chi connectivity index (χ2n) is 4.56. The Morgan fingerprint density at radius 3 is 2.26 bits per heavy atom. The Balaban J connectivity index is 2.85. The molecule has 0 amide bonds. The topological polar surface area (TPSA) is 67.4 Å². The van der Waals surface area contributed by atoms with E-state index in [-0.39, 0.29) is 17.0 Å². The van der Waals surface area contributed by atoms with Crippen molar-refractivity contribution in [2.75, 3.05) is 20.8 Å². The summed E-state index contributed by atoms with van der Waals surface area (Å²) >= 11 is 0. The number of hydrogen-bond donors (Lipinski definition) is 2. The van der Waals surface area contributed by atoms with Gasteiger partial charge in [0.15, 0.2) is 0 Å². The molecule has 1 aromatic carbocycles. The summed E-state index contributed by atoms with van der Waals surface area (Å²) in [7, 11) is -0.0765. The first-order chi connectivity index (χ1) is 8.90. The SMILES string of the molecule is CNC(C)c1ccc(S(=O)(=O)NC(C)COC)cc1. The van der Waals surface area contributed by atoms with E-state index in [4.69, 9.17) is 4.74 Å². The summed E-state index contributed by atoms with van der Waals surface area (Å²) in [5, 5.41) is 3.11. The van der Waals surface area contributed by atoms with E-state index in [0.717, 1.165) is 5.56 Å². The number of ether oxygens (including phenoxy) is 1. The molecule has 2 atom stereocenters. The molecular formula is C13H22N2O3S. The fraction of sp³-hybridized carbons (Fsp3) is 0.538. The zero-order valence-corrected chi connectivity index (χ0v) is 12.6. The van der Waals surface area contributed by atoms with E-state index in [1.54, 1.807) is 26.2 Å². The smallest absolute Gasteiger partial charge is 0.240 e. The molecular weight excluding hydrogens is 264 g/mol. The summed E-state index contributed by atoms with van der Waals surface area (Å²) in [6.07, 6.45) is 0. The Labute approximate surface area is 115 Å². The average Bonchev–Trinajstić information content (AvgIpc) is 2.37. The molecule has 108 valence electrons. The lowest BCUT2D eigenvalue weighted by Crippen LogP contribution is -2.35. The molecule has 0 fully saturated rings. The number of hydrogen-bond acceptors (Lipinski definition) is 4. The van der Waals surface area contributed by atoms with E-state index in [9.17, 15) is 8.42 Å². The molecule has 19 heavy (non-hydrogen) atoms. The van der Waals surface area contributed by atoms with Crippen LogP contribution in [0.1, 0.15) is 25.5 Å². The molecule has 5 nitrogen and oxygen atoms in total. The molecule has 0 spiro atoms. The maximum atomic E-state index is 12.1. The highest BCUT2D eigenvalue weighted by Gasteiger charge is 2.17. The van der Waals surface area contributed by atoms with E-state index in [0.29, 0.717) is 6.61 Å². The number of nitrogens with one attached hydrogen (secondary N) is 2. The molecule has 1 rings (SSSR count). The highest BCUT2D eigenvalue weighted by Crippen LogP contribution is 2.16. The molecule has 0 saturated carbocycles. The maximum Gasteiger partial charge on any atom is 0.240 e. The van der Waals surface area contributed by atoms with Gasteiger partial charge in [-0.2, -0.15) is 0 Å². The van der Waals surface area contributed by atoms with Crippen LogP contribution in [0.2, 0.25) is 0 Å². The molecule has 0 aliphatic rings. The molecule has 0 bridgehead atoms. The molecule has 0 aromatic heterocycles. The predicted molar refractivity (Wildman–Crippen MR) is 75.6 cm³/mol. The lowest BCUT2D eigenvalue weighted by Gasteiger charge is -2.14. The van der Waals surface area contributed by atoms with Gasteiger partial charge < -0.3 is 10.1 Å². The Bertz CT molecular complexity index is 485. The van der Waals surface area contributed by atoms with Crippen molar-refractivity contribution in [1.29, 1.82) is 0 Å². The van der Waals surface area contributed by atoms with Crippen LogP contribution in [0.15, 0.2) is 29.2 Å². The van der Waals surface area contributed by atoms with Crippen LogP contribution in [0.5, 0.6) is 0 Å². The summed E-state index contributed by atoms with van der Waals surface area (Å²) in [6, 6.07) is 6.80. The average molecular weight is 286 g/mol. The van der Waals surface area contributed by atoms with Crippen molar-refractivity contribution >= 4 is 10.0 Å². The van der Waals surface area contributed by atoms with Crippen LogP contribution in [0.4, 0.5) is 0 Å². The highest BCUT2D eigenvalue weighted by molar-refractivity contribution is 7.89. The zero-order valence-electron chi connectivity index (χ0n) is 11.8. The van der Waals surface area contributed by atoms with Crippen molar-refractivity contribution in [2.45, 2.75) is 30.8 Å². The molecule has 0 heterocycles. The van der Waals surface area contributed by atoms with Gasteiger partial charge in [0.25, 0.3) is 0 Å². The third-order valence-corrected chi connectivity index (χ3v) is 4.50. The van der Waals surface area contributed by atoms with Gasteiger partial charge in [0.1, 0.15) is 0 Å². The molecule has 1 aromatic rings. The third kappa shape index (κ3) is 4.58. The lowest BCUT2D eigenvalue weighted by molar-refractivity contribution is 0.180. The van der Waals surface area contributed by atoms with E-state index in [1.165, 1.54) is 0 Å². The van der Waals surface area contributed by atoms with Crippen molar-refractivity contribution in [3.8, 4) is 0 Å². The minimum atomic E-state index is -3.48. The Kier molecular flexibility index (Phi) is 5.93. The number of benzene rings is 1. The Morgan fingerprint density at radius 2 is 1.79 bits per heavy atom. The second kappa shape index (κ2) is 7.00. The van der Waals surface area contributed by atoms with E-state index >= 15 is 0 Å². The van der Waals surface area contributed by atoms with Crippen molar-refractivity contribution in [1.82, 2.24) is 10.0 Å². The summed E-state index contributed by atoms with van der Waals surface area (Å²) in [5.74, 6) is 0. The van der Waals surface area contributed by atoms with Gasteiger partial charge in [0.05, 0.1) is 11.5 Å². The summed E-state index contributed by atoms with van der Waals surface area (Å²) < 4.78 is 31.7. The van der Waals surface area contributed by atoms with E-state index < -0.39 is 10.0 Å². The first-order valence-electron chi connectivity index (χ1n) is 6.19. The first-order valence-corrected chi connectivity index (χ1v) is 7.67. The van der Waals surface area contributed by atoms with Crippen molar-refractivity contribution < 1.29 is 13.2 Å². The van der Waals surface area contributed by atoms with Gasteiger partial charge in [-0.25, -0.2) is 13.1 Å². The largest absolute Gasteiger partial charge is 0.383 e. The third-order valence-electron chi connectivity index (χ3n) is 2.90. The van der Waals surface area contributed by atoms with Crippen molar-refractivity contribution in [3.05, 3.63) is 29.8 Å². The Hall–Kier alpha value is -0.950. The minimum Gasteiger partial charge on any atom is -0.383 e. The Morgan fingerprint density at radius 1 is 1.21 bits per heavy atom. The van der Waals surface area contributed by atoms with Crippen LogP contribution >= 0.6 is 0 Å². The van der Waals surface area contributed by atoms with Crippen molar-refractivity contribution in [3.63, 3.8) is 0 Å². The first kappa shape index (κ1) is 16.1. The molecule has 2 N–H and O–H groups in total. The maximum absolute atomic E-state index is 12.1. The molecule has 0 aliphatic heterocycles. The van der Waals surface area contributed by atoms with Crippen LogP contribution in [0.3, 0.4) is 0 Å². The van der Waals surface area contributed by atoms with E-state index in [1.807, 2.05) is 26.1 Å². The second-order valence-corrected chi connectivity index (χ2v) is 6.27. The number of rotatable bonds is 7. The van der Waals surface area contributed by atoms with Crippen LogP contribution in [-0.2, 0) is 14.8 Å². The number of methoxy groups -OCH3 is 1. The van der Waals surface area contributed by atoms with Gasteiger partial charge in [0.2, 0.25) is 10.0 Å². The summed E-state index contributed by atoms with van der Waals surface area (Å²) in [6.45, 7) is 4.12. The fourth-order valence-electron chi connectivity index (χ4n) is 1.72. The van der Waals surface area contributed by atoms with Gasteiger partial charge in [-0.3, -0.25) is 0 Å². The van der Waals surface area contributed by atoms with Gasteiger partial charge in [-0.15, -0.1) is 0 Å². The van der Waals surface area contributed by atoms with Gasteiger partial charge >= 0.3 is 0 Å². The minimum absolute atomic E-state index is 0.192. The molecule has 6 heteroatoms. The van der Waals surface area contributed by atoms with Gasteiger partial charge in [-0.1, -0.05) is 12.1 Å².